The molecule has 21 heavy (non-hydrogen) atoms. The van der Waals surface area contributed by atoms with Crippen LogP contribution in [0, 0.1) is 13.8 Å². The summed E-state index contributed by atoms with van der Waals surface area (Å²) in [6.07, 6.45) is 1.11. The summed E-state index contributed by atoms with van der Waals surface area (Å²) in [5.41, 5.74) is 2.60. The van der Waals surface area contributed by atoms with Crippen LogP contribution in [-0.2, 0) is 6.42 Å². The largest absolute Gasteiger partial charge is 0.370 e. The summed E-state index contributed by atoms with van der Waals surface area (Å²) in [5.74, 6) is 2.86. The maximum atomic E-state index is 4.73. The molecule has 3 heterocycles. The average molecular weight is 302 g/mol. The summed E-state index contributed by atoms with van der Waals surface area (Å²) in [4.78, 5) is 13.2. The molecule has 1 aliphatic rings. The second-order valence-corrected chi connectivity index (χ2v) is 6.52. The molecule has 0 spiro atoms. The van der Waals surface area contributed by atoms with Crippen LogP contribution in [0.1, 0.15) is 41.7 Å². The Morgan fingerprint density at radius 2 is 2.19 bits per heavy atom. The third-order valence-electron chi connectivity index (χ3n) is 4.13. The van der Waals surface area contributed by atoms with E-state index in [-0.39, 0.29) is 0 Å². The van der Waals surface area contributed by atoms with Gasteiger partial charge in [-0.1, -0.05) is 0 Å². The zero-order valence-electron chi connectivity index (χ0n) is 13.1. The molecule has 1 atom stereocenters. The van der Waals surface area contributed by atoms with Gasteiger partial charge in [0.15, 0.2) is 0 Å². The third kappa shape index (κ3) is 2.50. The van der Waals surface area contributed by atoms with Crippen LogP contribution < -0.4 is 10.2 Å². The van der Waals surface area contributed by atoms with Gasteiger partial charge in [-0.15, -0.1) is 11.3 Å². The van der Waals surface area contributed by atoms with Gasteiger partial charge < -0.3 is 10.2 Å². The summed E-state index contributed by atoms with van der Waals surface area (Å²) in [6, 6.07) is 2.63. The summed E-state index contributed by atoms with van der Waals surface area (Å²) in [5, 5.41) is 5.55. The first-order valence-electron chi connectivity index (χ1n) is 7.53. The Morgan fingerprint density at radius 1 is 1.38 bits per heavy atom. The molecule has 0 saturated carbocycles. The molecule has 0 fully saturated rings. The minimum absolute atomic E-state index is 0.377. The van der Waals surface area contributed by atoms with Crippen molar-refractivity contribution in [3.8, 4) is 0 Å². The predicted octanol–water partition coefficient (Wildman–Crippen LogP) is 3.71. The SMILES string of the molecule is CCNc1nc(C)nc(N2CCc3sccc3C2C)c1C. The normalized spacial score (nSPS) is 17.7. The Morgan fingerprint density at radius 3 is 2.95 bits per heavy atom. The average Bonchev–Trinajstić information content (AvgIpc) is 2.93. The molecule has 0 aromatic carbocycles. The van der Waals surface area contributed by atoms with Crippen LogP contribution in [0.2, 0.25) is 0 Å². The molecule has 112 valence electrons. The number of nitrogens with one attached hydrogen (secondary N) is 1. The Hall–Kier alpha value is -1.62. The highest BCUT2D eigenvalue weighted by atomic mass is 32.1. The smallest absolute Gasteiger partial charge is 0.137 e. The summed E-state index contributed by atoms with van der Waals surface area (Å²) in [7, 11) is 0. The van der Waals surface area contributed by atoms with Crippen molar-refractivity contribution >= 4 is 23.0 Å². The predicted molar refractivity (Wildman–Crippen MR) is 89.5 cm³/mol. The van der Waals surface area contributed by atoms with Crippen LogP contribution in [0.25, 0.3) is 0 Å². The van der Waals surface area contributed by atoms with Crippen molar-refractivity contribution < 1.29 is 0 Å². The van der Waals surface area contributed by atoms with Gasteiger partial charge in [0.25, 0.3) is 0 Å². The Kier molecular flexibility index (Phi) is 3.85. The van der Waals surface area contributed by atoms with Crippen LogP contribution in [0.5, 0.6) is 0 Å². The second-order valence-electron chi connectivity index (χ2n) is 5.52. The summed E-state index contributed by atoms with van der Waals surface area (Å²) < 4.78 is 0. The van der Waals surface area contributed by atoms with E-state index in [9.17, 15) is 0 Å². The molecule has 0 amide bonds. The van der Waals surface area contributed by atoms with Crippen LogP contribution >= 0.6 is 11.3 Å². The first-order valence-corrected chi connectivity index (χ1v) is 8.41. The molecular weight excluding hydrogens is 280 g/mol. The van der Waals surface area contributed by atoms with Gasteiger partial charge in [-0.3, -0.25) is 0 Å². The molecular formula is C16H22N4S. The Labute approximate surface area is 130 Å². The van der Waals surface area contributed by atoms with Gasteiger partial charge in [0.05, 0.1) is 6.04 Å². The molecule has 2 aromatic rings. The zero-order valence-corrected chi connectivity index (χ0v) is 13.9. The van der Waals surface area contributed by atoms with Gasteiger partial charge in [0.2, 0.25) is 0 Å². The molecule has 0 bridgehead atoms. The van der Waals surface area contributed by atoms with E-state index in [1.165, 1.54) is 10.4 Å². The van der Waals surface area contributed by atoms with E-state index in [1.54, 1.807) is 0 Å². The van der Waals surface area contributed by atoms with Crippen LogP contribution in [-0.4, -0.2) is 23.1 Å². The van der Waals surface area contributed by atoms with Crippen molar-refractivity contribution in [2.75, 3.05) is 23.3 Å². The number of hydrogen-bond donors (Lipinski definition) is 1. The monoisotopic (exact) mass is 302 g/mol. The second kappa shape index (κ2) is 5.64. The van der Waals surface area contributed by atoms with Gasteiger partial charge >= 0.3 is 0 Å². The molecule has 2 aromatic heterocycles. The minimum Gasteiger partial charge on any atom is -0.370 e. The van der Waals surface area contributed by atoms with E-state index in [0.717, 1.165) is 42.5 Å². The number of fused-ring (bicyclic) bond motifs is 1. The molecule has 1 N–H and O–H groups in total. The van der Waals surface area contributed by atoms with Crippen molar-refractivity contribution in [2.24, 2.45) is 0 Å². The van der Waals surface area contributed by atoms with Gasteiger partial charge in [-0.2, -0.15) is 0 Å². The van der Waals surface area contributed by atoms with E-state index in [2.05, 4.69) is 47.4 Å². The number of aryl methyl sites for hydroxylation is 1. The molecule has 0 radical (unpaired) electrons. The Bertz CT molecular complexity index is 650. The molecule has 3 rings (SSSR count). The number of rotatable bonds is 3. The summed E-state index contributed by atoms with van der Waals surface area (Å²) in [6.45, 7) is 10.3. The standard InChI is InChI=1S/C16H22N4S/c1-5-17-15-10(2)16(19-12(4)18-15)20-8-6-14-13(11(20)3)7-9-21-14/h7,9,11H,5-6,8H2,1-4H3,(H,17,18,19). The maximum Gasteiger partial charge on any atom is 0.137 e. The van der Waals surface area contributed by atoms with Crippen molar-refractivity contribution in [3.05, 3.63) is 33.3 Å². The fourth-order valence-corrected chi connectivity index (χ4v) is 3.99. The maximum absolute atomic E-state index is 4.73. The number of nitrogens with zero attached hydrogens (tertiary/aromatic N) is 3. The van der Waals surface area contributed by atoms with E-state index in [0.29, 0.717) is 6.04 Å². The first-order chi connectivity index (χ1) is 10.1. The van der Waals surface area contributed by atoms with Gasteiger partial charge in [0, 0.05) is 23.5 Å². The molecule has 0 aliphatic carbocycles. The van der Waals surface area contributed by atoms with E-state index < -0.39 is 0 Å². The van der Waals surface area contributed by atoms with E-state index >= 15 is 0 Å². The van der Waals surface area contributed by atoms with Crippen molar-refractivity contribution in [1.29, 1.82) is 0 Å². The van der Waals surface area contributed by atoms with Crippen molar-refractivity contribution in [2.45, 2.75) is 40.2 Å². The van der Waals surface area contributed by atoms with Crippen molar-refractivity contribution in [1.82, 2.24) is 9.97 Å². The Balaban J connectivity index is 2.01. The number of anilines is 2. The first kappa shape index (κ1) is 14.3. The third-order valence-corrected chi connectivity index (χ3v) is 5.12. The number of aromatic nitrogens is 2. The number of hydrogen-bond acceptors (Lipinski definition) is 5. The highest BCUT2D eigenvalue weighted by Gasteiger charge is 2.27. The lowest BCUT2D eigenvalue weighted by atomic mass is 10.0. The van der Waals surface area contributed by atoms with Crippen LogP contribution in [0.3, 0.4) is 0 Å². The van der Waals surface area contributed by atoms with Crippen molar-refractivity contribution in [3.63, 3.8) is 0 Å². The highest BCUT2D eigenvalue weighted by molar-refractivity contribution is 7.10. The van der Waals surface area contributed by atoms with Gasteiger partial charge in [-0.25, -0.2) is 9.97 Å². The van der Waals surface area contributed by atoms with E-state index in [4.69, 9.17) is 4.98 Å². The highest BCUT2D eigenvalue weighted by Crippen LogP contribution is 2.37. The van der Waals surface area contributed by atoms with E-state index in [1.807, 2.05) is 18.3 Å². The molecule has 1 unspecified atom stereocenters. The molecule has 1 aliphatic heterocycles. The summed E-state index contributed by atoms with van der Waals surface area (Å²) >= 11 is 1.87. The zero-order chi connectivity index (χ0) is 15.0. The molecule has 0 saturated heterocycles. The topological polar surface area (TPSA) is 41.1 Å². The molecule has 5 heteroatoms. The quantitative estimate of drug-likeness (QED) is 0.938. The van der Waals surface area contributed by atoms with Crippen LogP contribution in [0.15, 0.2) is 11.4 Å². The minimum atomic E-state index is 0.377. The fraction of sp³-hybridized carbons (Fsp3) is 0.500. The van der Waals surface area contributed by atoms with Gasteiger partial charge in [-0.05, 0) is 51.1 Å². The lowest BCUT2D eigenvalue weighted by molar-refractivity contribution is 0.621. The fourth-order valence-electron chi connectivity index (χ4n) is 3.03. The molecule has 4 nitrogen and oxygen atoms in total. The lowest BCUT2D eigenvalue weighted by Gasteiger charge is -2.35. The van der Waals surface area contributed by atoms with Crippen LogP contribution in [0.4, 0.5) is 11.6 Å². The van der Waals surface area contributed by atoms with Gasteiger partial charge in [0.1, 0.15) is 17.5 Å². The lowest BCUT2D eigenvalue weighted by Crippen LogP contribution is -2.34. The number of thiophene rings is 1.